The molecular weight excluding hydrogens is 396 g/mol. The molecule has 0 saturated carbocycles. The zero-order valence-electron chi connectivity index (χ0n) is 15.2. The minimum absolute atomic E-state index is 0.146. The number of thiophene rings is 2. The molecule has 3 aromatic rings. The van der Waals surface area contributed by atoms with Crippen LogP contribution >= 0.6 is 22.7 Å². The smallest absolute Gasteiger partial charge is 0.279 e. The van der Waals surface area contributed by atoms with Gasteiger partial charge in [-0.25, -0.2) is 0 Å². The van der Waals surface area contributed by atoms with Crippen LogP contribution in [0.25, 0.3) is 10.7 Å². The van der Waals surface area contributed by atoms with Crippen LogP contribution in [-0.4, -0.2) is 22.0 Å². The largest absolute Gasteiger partial charge is 0.339 e. The Morgan fingerprint density at radius 3 is 2.93 bits per heavy atom. The SMILES string of the molecule is O=C(CCc1nc(-c2cccs2)no1)NNC(=O)c1cc2c(s1)CCCCC2. The first-order valence-corrected chi connectivity index (χ1v) is 11.0. The van der Waals surface area contributed by atoms with Gasteiger partial charge in [-0.05, 0) is 48.8 Å². The van der Waals surface area contributed by atoms with Crippen molar-refractivity contribution < 1.29 is 14.1 Å². The molecular formula is C19H20N4O3S2. The Kier molecular flexibility index (Phi) is 5.82. The number of aromatic nitrogens is 2. The molecule has 2 amide bonds. The van der Waals surface area contributed by atoms with Crippen molar-refractivity contribution in [2.45, 2.75) is 44.9 Å². The van der Waals surface area contributed by atoms with Gasteiger partial charge in [-0.15, -0.1) is 22.7 Å². The Labute approximate surface area is 170 Å². The number of aryl methyl sites for hydroxylation is 3. The maximum absolute atomic E-state index is 12.3. The number of carbonyl (C=O) groups excluding carboxylic acids is 2. The maximum atomic E-state index is 12.3. The number of hydrogen-bond donors (Lipinski definition) is 2. The highest BCUT2D eigenvalue weighted by Gasteiger charge is 2.17. The zero-order valence-corrected chi connectivity index (χ0v) is 16.8. The normalized spacial score (nSPS) is 13.6. The van der Waals surface area contributed by atoms with Crippen molar-refractivity contribution in [1.82, 2.24) is 21.0 Å². The van der Waals surface area contributed by atoms with E-state index in [9.17, 15) is 9.59 Å². The first kappa shape index (κ1) is 18.8. The molecule has 1 aliphatic rings. The molecule has 9 heteroatoms. The molecule has 1 aliphatic carbocycles. The van der Waals surface area contributed by atoms with Crippen molar-refractivity contribution >= 4 is 34.5 Å². The van der Waals surface area contributed by atoms with Crippen LogP contribution in [0, 0.1) is 0 Å². The Balaban J connectivity index is 1.25. The van der Waals surface area contributed by atoms with Crippen LogP contribution in [0.1, 0.15) is 51.7 Å². The third kappa shape index (κ3) is 4.48. The van der Waals surface area contributed by atoms with E-state index >= 15 is 0 Å². The predicted octanol–water partition coefficient (Wildman–Crippen LogP) is 3.52. The number of hydrogen-bond acceptors (Lipinski definition) is 7. The summed E-state index contributed by atoms with van der Waals surface area (Å²) in [5.74, 6) is 0.342. The van der Waals surface area contributed by atoms with Gasteiger partial charge >= 0.3 is 0 Å². The highest BCUT2D eigenvalue weighted by molar-refractivity contribution is 7.14. The molecule has 3 heterocycles. The second-order valence-corrected chi connectivity index (χ2v) is 8.70. The molecule has 0 aliphatic heterocycles. The third-order valence-corrected chi connectivity index (χ3v) is 6.66. The summed E-state index contributed by atoms with van der Waals surface area (Å²) in [6, 6.07) is 5.78. The number of rotatable bonds is 5. The van der Waals surface area contributed by atoms with Crippen molar-refractivity contribution in [1.29, 1.82) is 0 Å². The lowest BCUT2D eigenvalue weighted by Gasteiger charge is -2.05. The quantitative estimate of drug-likeness (QED) is 0.490. The lowest BCUT2D eigenvalue weighted by Crippen LogP contribution is -2.41. The molecule has 0 bridgehead atoms. The number of nitrogens with one attached hydrogen (secondary N) is 2. The fourth-order valence-electron chi connectivity index (χ4n) is 3.11. The van der Waals surface area contributed by atoms with Gasteiger partial charge in [0.1, 0.15) is 0 Å². The Morgan fingerprint density at radius 2 is 2.07 bits per heavy atom. The van der Waals surface area contributed by atoms with Gasteiger partial charge in [-0.1, -0.05) is 17.6 Å². The van der Waals surface area contributed by atoms with E-state index in [1.54, 1.807) is 0 Å². The predicted molar refractivity (Wildman–Crippen MR) is 107 cm³/mol. The van der Waals surface area contributed by atoms with Crippen molar-refractivity contribution in [2.75, 3.05) is 0 Å². The molecule has 0 fully saturated rings. The molecule has 0 spiro atoms. The molecule has 2 N–H and O–H groups in total. The van der Waals surface area contributed by atoms with Crippen LogP contribution in [0.5, 0.6) is 0 Å². The van der Waals surface area contributed by atoms with Gasteiger partial charge in [-0.2, -0.15) is 4.98 Å². The first-order valence-electron chi connectivity index (χ1n) is 9.26. The summed E-state index contributed by atoms with van der Waals surface area (Å²) in [6.07, 6.45) is 6.12. The standard InChI is InChI=1S/C19H20N4O3S2/c24-16(8-9-17-20-18(23-26-17)14-7-4-10-27-14)21-22-19(25)15-11-12-5-2-1-3-6-13(12)28-15/h4,7,10-11H,1-3,5-6,8-9H2,(H,21,24)(H,22,25). The highest BCUT2D eigenvalue weighted by atomic mass is 32.1. The minimum Gasteiger partial charge on any atom is -0.339 e. The lowest BCUT2D eigenvalue weighted by atomic mass is 10.1. The van der Waals surface area contributed by atoms with E-state index in [2.05, 4.69) is 21.0 Å². The summed E-state index contributed by atoms with van der Waals surface area (Å²) in [5.41, 5.74) is 6.23. The van der Waals surface area contributed by atoms with E-state index in [-0.39, 0.29) is 18.2 Å². The van der Waals surface area contributed by atoms with Gasteiger partial charge in [0.25, 0.3) is 5.91 Å². The second kappa shape index (κ2) is 8.66. The van der Waals surface area contributed by atoms with Gasteiger partial charge in [0.15, 0.2) is 0 Å². The van der Waals surface area contributed by atoms with Crippen LogP contribution in [0.2, 0.25) is 0 Å². The maximum Gasteiger partial charge on any atom is 0.279 e. The van der Waals surface area contributed by atoms with Crippen LogP contribution in [0.15, 0.2) is 28.1 Å². The van der Waals surface area contributed by atoms with Crippen molar-refractivity contribution in [3.05, 3.63) is 44.8 Å². The summed E-state index contributed by atoms with van der Waals surface area (Å²) in [6.45, 7) is 0. The first-order chi connectivity index (χ1) is 13.7. The van der Waals surface area contributed by atoms with E-state index in [1.807, 2.05) is 23.6 Å². The molecule has 4 rings (SSSR count). The topological polar surface area (TPSA) is 97.1 Å². The summed E-state index contributed by atoms with van der Waals surface area (Å²) in [7, 11) is 0. The molecule has 0 radical (unpaired) electrons. The van der Waals surface area contributed by atoms with E-state index < -0.39 is 0 Å². The van der Waals surface area contributed by atoms with E-state index in [1.165, 1.54) is 52.4 Å². The van der Waals surface area contributed by atoms with Crippen LogP contribution in [0.3, 0.4) is 0 Å². The molecule has 0 saturated heterocycles. The second-order valence-electron chi connectivity index (χ2n) is 6.61. The van der Waals surface area contributed by atoms with Crippen molar-refractivity contribution in [2.24, 2.45) is 0 Å². The van der Waals surface area contributed by atoms with Gasteiger partial charge in [0.05, 0.1) is 9.75 Å². The lowest BCUT2D eigenvalue weighted by molar-refractivity contribution is -0.121. The fraction of sp³-hybridized carbons (Fsp3) is 0.368. The van der Waals surface area contributed by atoms with Crippen molar-refractivity contribution in [3.63, 3.8) is 0 Å². The molecule has 7 nitrogen and oxygen atoms in total. The summed E-state index contributed by atoms with van der Waals surface area (Å²) < 4.78 is 5.17. The average molecular weight is 417 g/mol. The van der Waals surface area contributed by atoms with Crippen LogP contribution in [-0.2, 0) is 24.1 Å². The number of hydrazine groups is 1. The fourth-order valence-corrected chi connectivity index (χ4v) is 4.91. The molecule has 0 aromatic carbocycles. The van der Waals surface area contributed by atoms with Gasteiger partial charge in [0, 0.05) is 17.7 Å². The number of nitrogens with zero attached hydrogens (tertiary/aromatic N) is 2. The number of carbonyl (C=O) groups is 2. The molecule has 28 heavy (non-hydrogen) atoms. The third-order valence-electron chi connectivity index (χ3n) is 4.56. The number of fused-ring (bicyclic) bond motifs is 1. The van der Waals surface area contributed by atoms with E-state index in [0.29, 0.717) is 23.0 Å². The summed E-state index contributed by atoms with van der Waals surface area (Å²) >= 11 is 3.05. The number of amides is 2. The Bertz CT molecular complexity index is 938. The molecule has 0 atom stereocenters. The minimum atomic E-state index is -0.303. The highest BCUT2D eigenvalue weighted by Crippen LogP contribution is 2.28. The van der Waals surface area contributed by atoms with Gasteiger partial charge < -0.3 is 4.52 Å². The Hall–Kier alpha value is -2.52. The monoisotopic (exact) mass is 416 g/mol. The molecule has 146 valence electrons. The molecule has 0 unspecified atom stereocenters. The summed E-state index contributed by atoms with van der Waals surface area (Å²) in [4.78, 5) is 31.5. The summed E-state index contributed by atoms with van der Waals surface area (Å²) in [5, 5.41) is 5.85. The van der Waals surface area contributed by atoms with Crippen molar-refractivity contribution in [3.8, 4) is 10.7 Å². The average Bonchev–Trinajstić information content (AvgIpc) is 3.43. The molecule has 3 aromatic heterocycles. The Morgan fingerprint density at radius 1 is 1.18 bits per heavy atom. The van der Waals surface area contributed by atoms with Gasteiger partial charge in [0.2, 0.25) is 17.6 Å². The van der Waals surface area contributed by atoms with Crippen LogP contribution in [0.4, 0.5) is 0 Å². The van der Waals surface area contributed by atoms with E-state index in [0.717, 1.165) is 17.7 Å². The van der Waals surface area contributed by atoms with Crippen LogP contribution < -0.4 is 10.9 Å². The zero-order chi connectivity index (χ0) is 19.3. The van der Waals surface area contributed by atoms with E-state index in [4.69, 9.17) is 4.52 Å². The van der Waals surface area contributed by atoms with Gasteiger partial charge in [-0.3, -0.25) is 20.4 Å².